The SMILES string of the molecule is CN=C(NCCNC(=O)CC1CCCCC1)NCc1ccc2c(c1)OCO2.I. The molecule has 0 atom stereocenters. The van der Waals surface area contributed by atoms with Crippen molar-refractivity contribution in [3.63, 3.8) is 0 Å². The molecule has 156 valence electrons. The Balaban J connectivity index is 0.00000280. The van der Waals surface area contributed by atoms with Crippen molar-refractivity contribution in [1.82, 2.24) is 16.0 Å². The molecule has 1 aliphatic carbocycles. The maximum atomic E-state index is 12.0. The van der Waals surface area contributed by atoms with Gasteiger partial charge in [0.1, 0.15) is 0 Å². The van der Waals surface area contributed by atoms with Crippen molar-refractivity contribution in [3.05, 3.63) is 23.8 Å². The van der Waals surface area contributed by atoms with Crippen LogP contribution in [0.15, 0.2) is 23.2 Å². The second kappa shape index (κ2) is 12.0. The van der Waals surface area contributed by atoms with Gasteiger partial charge < -0.3 is 25.4 Å². The molecule has 1 amide bonds. The van der Waals surface area contributed by atoms with Crippen LogP contribution in [-0.4, -0.2) is 38.8 Å². The van der Waals surface area contributed by atoms with Crippen LogP contribution in [0.2, 0.25) is 0 Å². The van der Waals surface area contributed by atoms with Crippen LogP contribution in [0.1, 0.15) is 44.1 Å². The Morgan fingerprint density at radius 2 is 1.82 bits per heavy atom. The van der Waals surface area contributed by atoms with Gasteiger partial charge in [0.15, 0.2) is 17.5 Å². The van der Waals surface area contributed by atoms with E-state index >= 15 is 0 Å². The van der Waals surface area contributed by atoms with Crippen molar-refractivity contribution in [2.45, 2.75) is 45.1 Å². The third-order valence-corrected chi connectivity index (χ3v) is 5.06. The Morgan fingerprint density at radius 1 is 1.07 bits per heavy atom. The van der Waals surface area contributed by atoms with Gasteiger partial charge in [0.25, 0.3) is 0 Å². The second-order valence-corrected chi connectivity index (χ2v) is 7.10. The summed E-state index contributed by atoms with van der Waals surface area (Å²) >= 11 is 0. The lowest BCUT2D eigenvalue weighted by Crippen LogP contribution is -2.41. The number of hydrogen-bond donors (Lipinski definition) is 3. The van der Waals surface area contributed by atoms with E-state index in [-0.39, 0.29) is 36.7 Å². The topological polar surface area (TPSA) is 84.0 Å². The van der Waals surface area contributed by atoms with Crippen molar-refractivity contribution in [1.29, 1.82) is 0 Å². The highest BCUT2D eigenvalue weighted by molar-refractivity contribution is 14.0. The number of amides is 1. The van der Waals surface area contributed by atoms with Gasteiger partial charge in [0, 0.05) is 33.1 Å². The fraction of sp³-hybridized carbons (Fsp3) is 0.600. The van der Waals surface area contributed by atoms with E-state index < -0.39 is 0 Å². The Hall–Kier alpha value is -1.71. The number of carbonyl (C=O) groups is 1. The van der Waals surface area contributed by atoms with Crippen LogP contribution < -0.4 is 25.4 Å². The molecular formula is C20H31IN4O3. The van der Waals surface area contributed by atoms with Crippen LogP contribution in [0, 0.1) is 5.92 Å². The number of benzene rings is 1. The Morgan fingerprint density at radius 3 is 2.61 bits per heavy atom. The fourth-order valence-electron chi connectivity index (χ4n) is 3.57. The van der Waals surface area contributed by atoms with Crippen LogP contribution in [0.3, 0.4) is 0 Å². The van der Waals surface area contributed by atoms with E-state index in [0.29, 0.717) is 37.9 Å². The number of fused-ring (bicyclic) bond motifs is 1. The quantitative estimate of drug-likeness (QED) is 0.231. The highest BCUT2D eigenvalue weighted by Crippen LogP contribution is 2.32. The van der Waals surface area contributed by atoms with E-state index in [1.165, 1.54) is 32.1 Å². The number of nitrogens with zero attached hydrogens (tertiary/aromatic N) is 1. The first-order valence-electron chi connectivity index (χ1n) is 9.84. The van der Waals surface area contributed by atoms with Crippen molar-refractivity contribution in [2.75, 3.05) is 26.9 Å². The third kappa shape index (κ3) is 7.03. The summed E-state index contributed by atoms with van der Waals surface area (Å²) < 4.78 is 10.7. The van der Waals surface area contributed by atoms with Gasteiger partial charge in [-0.3, -0.25) is 9.79 Å². The van der Waals surface area contributed by atoms with Crippen LogP contribution in [-0.2, 0) is 11.3 Å². The number of aliphatic imine (C=N–C) groups is 1. The number of nitrogens with one attached hydrogen (secondary N) is 3. The van der Waals surface area contributed by atoms with E-state index in [1.807, 2.05) is 18.2 Å². The maximum absolute atomic E-state index is 12.0. The minimum atomic E-state index is 0. The summed E-state index contributed by atoms with van der Waals surface area (Å²) in [6.45, 7) is 2.14. The fourth-order valence-corrected chi connectivity index (χ4v) is 3.57. The van der Waals surface area contributed by atoms with E-state index in [2.05, 4.69) is 20.9 Å². The zero-order chi connectivity index (χ0) is 18.9. The van der Waals surface area contributed by atoms with Gasteiger partial charge in [-0.1, -0.05) is 25.3 Å². The average Bonchev–Trinajstić information content (AvgIpc) is 3.16. The minimum Gasteiger partial charge on any atom is -0.454 e. The third-order valence-electron chi connectivity index (χ3n) is 5.06. The number of hydrogen-bond acceptors (Lipinski definition) is 4. The number of rotatable bonds is 7. The Kier molecular flexibility index (Phi) is 9.66. The molecule has 0 aromatic heterocycles. The predicted octanol–water partition coefficient (Wildman–Crippen LogP) is 2.78. The van der Waals surface area contributed by atoms with Crippen molar-refractivity contribution < 1.29 is 14.3 Å². The summed E-state index contributed by atoms with van der Waals surface area (Å²) in [6, 6.07) is 5.88. The summed E-state index contributed by atoms with van der Waals surface area (Å²) in [4.78, 5) is 16.2. The monoisotopic (exact) mass is 502 g/mol. The molecule has 1 fully saturated rings. The average molecular weight is 502 g/mol. The molecule has 0 unspecified atom stereocenters. The normalized spacial score (nSPS) is 16.2. The van der Waals surface area contributed by atoms with E-state index in [9.17, 15) is 4.79 Å². The van der Waals surface area contributed by atoms with Crippen molar-refractivity contribution in [2.24, 2.45) is 10.9 Å². The molecular weight excluding hydrogens is 471 g/mol. The van der Waals surface area contributed by atoms with Crippen LogP contribution in [0.4, 0.5) is 0 Å². The molecule has 0 spiro atoms. The molecule has 8 heteroatoms. The lowest BCUT2D eigenvalue weighted by atomic mass is 9.87. The first-order chi connectivity index (χ1) is 13.2. The van der Waals surface area contributed by atoms with Crippen molar-refractivity contribution in [3.8, 4) is 11.5 Å². The van der Waals surface area contributed by atoms with Crippen LogP contribution in [0.5, 0.6) is 11.5 Å². The highest BCUT2D eigenvalue weighted by atomic mass is 127. The molecule has 1 aliphatic heterocycles. The van der Waals surface area contributed by atoms with Crippen LogP contribution in [0.25, 0.3) is 0 Å². The summed E-state index contributed by atoms with van der Waals surface area (Å²) in [5.41, 5.74) is 1.09. The largest absolute Gasteiger partial charge is 0.454 e. The minimum absolute atomic E-state index is 0. The number of ether oxygens (including phenoxy) is 2. The van der Waals surface area contributed by atoms with Crippen molar-refractivity contribution >= 4 is 35.8 Å². The molecule has 28 heavy (non-hydrogen) atoms. The second-order valence-electron chi connectivity index (χ2n) is 7.10. The van der Waals surface area contributed by atoms with E-state index in [4.69, 9.17) is 9.47 Å². The molecule has 0 radical (unpaired) electrons. The predicted molar refractivity (Wildman–Crippen MR) is 120 cm³/mol. The summed E-state index contributed by atoms with van der Waals surface area (Å²) in [6.07, 6.45) is 6.91. The first kappa shape index (κ1) is 22.6. The summed E-state index contributed by atoms with van der Waals surface area (Å²) in [7, 11) is 1.73. The first-order valence-corrected chi connectivity index (χ1v) is 9.84. The number of halogens is 1. The smallest absolute Gasteiger partial charge is 0.231 e. The summed E-state index contributed by atoms with van der Waals surface area (Å²) in [5.74, 6) is 2.99. The van der Waals surface area contributed by atoms with Gasteiger partial charge in [-0.15, -0.1) is 24.0 Å². The molecule has 3 rings (SSSR count). The van der Waals surface area contributed by atoms with Gasteiger partial charge >= 0.3 is 0 Å². The molecule has 2 aliphatic rings. The van der Waals surface area contributed by atoms with Gasteiger partial charge in [0.2, 0.25) is 12.7 Å². The Bertz CT molecular complexity index is 663. The zero-order valence-corrected chi connectivity index (χ0v) is 18.8. The lowest BCUT2D eigenvalue weighted by Gasteiger charge is -2.20. The molecule has 1 saturated carbocycles. The van der Waals surface area contributed by atoms with Gasteiger partial charge in [0.05, 0.1) is 0 Å². The highest BCUT2D eigenvalue weighted by Gasteiger charge is 2.16. The standard InChI is InChI=1S/C20H30N4O3.HI/c1-21-20(24-13-16-7-8-17-18(11-16)27-14-26-17)23-10-9-22-19(25)12-15-5-3-2-4-6-15;/h7-8,11,15H,2-6,9-10,12-14H2,1H3,(H,22,25)(H2,21,23,24);1H. The molecule has 1 heterocycles. The molecule has 3 N–H and O–H groups in total. The Labute approximate surface area is 184 Å². The van der Waals surface area contributed by atoms with E-state index in [1.54, 1.807) is 7.05 Å². The number of guanidine groups is 1. The molecule has 0 bridgehead atoms. The number of carbonyl (C=O) groups excluding carboxylic acids is 1. The molecule has 7 nitrogen and oxygen atoms in total. The van der Waals surface area contributed by atoms with Gasteiger partial charge in [-0.05, 0) is 36.5 Å². The zero-order valence-electron chi connectivity index (χ0n) is 16.5. The molecule has 1 aromatic rings. The summed E-state index contributed by atoms with van der Waals surface area (Å²) in [5, 5.41) is 9.48. The van der Waals surface area contributed by atoms with Gasteiger partial charge in [-0.25, -0.2) is 0 Å². The lowest BCUT2D eigenvalue weighted by molar-refractivity contribution is -0.122. The molecule has 0 saturated heterocycles. The molecule has 1 aromatic carbocycles. The van der Waals surface area contributed by atoms with Gasteiger partial charge in [-0.2, -0.15) is 0 Å². The maximum Gasteiger partial charge on any atom is 0.231 e. The van der Waals surface area contributed by atoms with E-state index in [0.717, 1.165) is 17.1 Å². The van der Waals surface area contributed by atoms with Crippen LogP contribution >= 0.6 is 24.0 Å².